The molecule has 0 saturated carbocycles. The van der Waals surface area contributed by atoms with Gasteiger partial charge in [-0.3, -0.25) is 4.79 Å². The molecule has 2 aromatic carbocycles. The van der Waals surface area contributed by atoms with E-state index in [1.54, 1.807) is 18.2 Å². The Morgan fingerprint density at radius 3 is 2.52 bits per heavy atom. The third-order valence-electron chi connectivity index (χ3n) is 4.96. The second kappa shape index (κ2) is 9.43. The van der Waals surface area contributed by atoms with Crippen molar-refractivity contribution >= 4 is 39.7 Å². The molecule has 0 saturated heterocycles. The van der Waals surface area contributed by atoms with Crippen molar-refractivity contribution in [2.45, 2.75) is 50.9 Å². The van der Waals surface area contributed by atoms with Crippen LogP contribution in [0.2, 0.25) is 0 Å². The second-order valence-corrected chi connectivity index (χ2v) is 9.95. The fraction of sp³-hybridized carbons (Fsp3) is 0.333. The molecule has 2 aromatic heterocycles. The average molecular weight is 470 g/mol. The summed E-state index contributed by atoms with van der Waals surface area (Å²) in [6, 6.07) is 10.8. The van der Waals surface area contributed by atoms with Crippen LogP contribution in [0.15, 0.2) is 47.6 Å². The average Bonchev–Trinajstić information content (AvgIpc) is 3.04. The molecule has 1 N–H and O–H groups in total. The summed E-state index contributed by atoms with van der Waals surface area (Å²) in [5.41, 5.74) is 2.51. The van der Waals surface area contributed by atoms with Gasteiger partial charge in [-0.2, -0.15) is 0 Å². The molecule has 0 fully saturated rings. The van der Waals surface area contributed by atoms with Gasteiger partial charge in [0, 0.05) is 29.6 Å². The van der Waals surface area contributed by atoms with Crippen molar-refractivity contribution in [2.24, 2.45) is 0 Å². The summed E-state index contributed by atoms with van der Waals surface area (Å²) in [4.78, 5) is 16.7. The number of aromatic nitrogens is 4. The topological polar surface area (TPSA) is 72.7 Å². The Morgan fingerprint density at radius 1 is 1.06 bits per heavy atom. The molecule has 172 valence electrons. The lowest BCUT2D eigenvalue weighted by Gasteiger charge is -2.20. The second-order valence-electron chi connectivity index (χ2n) is 8.89. The van der Waals surface area contributed by atoms with Crippen LogP contribution in [-0.2, 0) is 11.3 Å². The van der Waals surface area contributed by atoms with Crippen molar-refractivity contribution in [3.63, 3.8) is 0 Å². The lowest BCUT2D eigenvalue weighted by atomic mass is 10.1. The molecule has 6 nitrogen and oxygen atoms in total. The highest BCUT2D eigenvalue weighted by Gasteiger charge is 2.17. The Bertz CT molecular complexity index is 1300. The van der Waals surface area contributed by atoms with Gasteiger partial charge in [0.1, 0.15) is 17.2 Å². The fourth-order valence-corrected chi connectivity index (χ4v) is 4.30. The van der Waals surface area contributed by atoms with E-state index in [9.17, 15) is 13.6 Å². The number of nitrogens with one attached hydrogen (secondary N) is 1. The van der Waals surface area contributed by atoms with E-state index >= 15 is 0 Å². The fourth-order valence-electron chi connectivity index (χ4n) is 3.58. The number of hydrogen-bond donors (Lipinski definition) is 1. The number of carbonyl (C=O) groups is 1. The van der Waals surface area contributed by atoms with Crippen LogP contribution in [0.5, 0.6) is 0 Å². The van der Waals surface area contributed by atoms with Gasteiger partial charge in [0.15, 0.2) is 5.65 Å². The number of halogens is 2. The molecule has 0 atom stereocenters. The third-order valence-corrected chi connectivity index (χ3v) is 5.88. The minimum Gasteiger partial charge on any atom is -0.352 e. The van der Waals surface area contributed by atoms with Crippen LogP contribution in [0.4, 0.5) is 8.78 Å². The number of carbonyl (C=O) groups excluding carboxylic acids is 1. The first kappa shape index (κ1) is 23.1. The highest BCUT2D eigenvalue weighted by molar-refractivity contribution is 7.99. The van der Waals surface area contributed by atoms with Gasteiger partial charge in [-0.15, -0.1) is 10.2 Å². The summed E-state index contributed by atoms with van der Waals surface area (Å²) in [5, 5.41) is 12.6. The predicted octanol–water partition coefficient (Wildman–Crippen LogP) is 5.09. The van der Waals surface area contributed by atoms with Gasteiger partial charge in [-0.05, 0) is 63.1 Å². The highest BCUT2D eigenvalue weighted by atomic mass is 32.2. The van der Waals surface area contributed by atoms with Crippen LogP contribution in [0.1, 0.15) is 39.2 Å². The van der Waals surface area contributed by atoms with Crippen LogP contribution in [-0.4, -0.2) is 36.9 Å². The summed E-state index contributed by atoms with van der Waals surface area (Å²) >= 11 is 1.42. The Morgan fingerprint density at radius 2 is 1.79 bits per heavy atom. The SMILES string of the molecule is CC(C)(C)NC(=O)CCCSc1nnc2c3cc(F)ccc3n(Cc3ccc(F)cc3)c2n1. The number of amides is 1. The number of thioether (sulfide) groups is 1. The molecule has 0 spiro atoms. The van der Waals surface area contributed by atoms with Crippen molar-refractivity contribution in [3.05, 3.63) is 59.7 Å². The Hall–Kier alpha value is -3.07. The van der Waals surface area contributed by atoms with Gasteiger partial charge in [0.2, 0.25) is 11.1 Å². The molecule has 4 aromatic rings. The molecule has 1 amide bonds. The minimum atomic E-state index is -0.364. The summed E-state index contributed by atoms with van der Waals surface area (Å²) < 4.78 is 29.2. The van der Waals surface area contributed by atoms with Crippen molar-refractivity contribution in [2.75, 3.05) is 5.75 Å². The van der Waals surface area contributed by atoms with Crippen molar-refractivity contribution < 1.29 is 13.6 Å². The predicted molar refractivity (Wildman–Crippen MR) is 126 cm³/mol. The first-order chi connectivity index (χ1) is 15.7. The Labute approximate surface area is 194 Å². The zero-order chi connectivity index (χ0) is 23.6. The number of rotatable bonds is 7. The zero-order valence-corrected chi connectivity index (χ0v) is 19.5. The van der Waals surface area contributed by atoms with Crippen LogP contribution in [0, 0.1) is 11.6 Å². The summed E-state index contributed by atoms with van der Waals surface area (Å²) in [6.45, 7) is 6.28. The van der Waals surface area contributed by atoms with Gasteiger partial charge < -0.3 is 9.88 Å². The van der Waals surface area contributed by atoms with E-state index in [1.807, 2.05) is 25.3 Å². The first-order valence-electron chi connectivity index (χ1n) is 10.7. The molecule has 0 unspecified atom stereocenters. The zero-order valence-electron chi connectivity index (χ0n) is 18.7. The van der Waals surface area contributed by atoms with Gasteiger partial charge in [0.05, 0.1) is 5.52 Å². The first-order valence-corrected chi connectivity index (χ1v) is 11.7. The van der Waals surface area contributed by atoms with E-state index in [0.29, 0.717) is 46.8 Å². The van der Waals surface area contributed by atoms with Crippen LogP contribution < -0.4 is 5.32 Å². The van der Waals surface area contributed by atoms with Crippen molar-refractivity contribution in [1.82, 2.24) is 25.1 Å². The van der Waals surface area contributed by atoms with Crippen LogP contribution >= 0.6 is 11.8 Å². The lowest BCUT2D eigenvalue weighted by Crippen LogP contribution is -2.40. The molecule has 0 aliphatic rings. The summed E-state index contributed by atoms with van der Waals surface area (Å²) in [6.07, 6.45) is 1.10. The van der Waals surface area contributed by atoms with E-state index in [-0.39, 0.29) is 23.1 Å². The van der Waals surface area contributed by atoms with E-state index in [2.05, 4.69) is 20.5 Å². The summed E-state index contributed by atoms with van der Waals surface area (Å²) in [5.74, 6) is 0.00969. The normalized spacial score (nSPS) is 11.9. The molecule has 33 heavy (non-hydrogen) atoms. The molecule has 0 radical (unpaired) electrons. The maximum Gasteiger partial charge on any atom is 0.220 e. The standard InChI is InChI=1S/C24H25F2N5OS/c1-24(2,3)28-20(32)5-4-12-33-23-27-22-21(29-30-23)18-13-17(26)10-11-19(18)31(22)14-15-6-8-16(25)9-7-15/h6-11,13H,4-5,12,14H2,1-3H3,(H,28,32). The molecule has 0 aliphatic heterocycles. The minimum absolute atomic E-state index is 0.0130. The monoisotopic (exact) mass is 469 g/mol. The molecule has 0 aliphatic carbocycles. The summed E-state index contributed by atoms with van der Waals surface area (Å²) in [7, 11) is 0. The third kappa shape index (κ3) is 5.65. The number of nitrogens with zero attached hydrogens (tertiary/aromatic N) is 4. The van der Waals surface area contributed by atoms with E-state index in [1.165, 1.54) is 36.0 Å². The van der Waals surface area contributed by atoms with Crippen molar-refractivity contribution in [1.29, 1.82) is 0 Å². The Kier molecular flexibility index (Phi) is 6.60. The lowest BCUT2D eigenvalue weighted by molar-refractivity contribution is -0.122. The number of hydrogen-bond acceptors (Lipinski definition) is 5. The van der Waals surface area contributed by atoms with E-state index < -0.39 is 0 Å². The smallest absolute Gasteiger partial charge is 0.220 e. The van der Waals surface area contributed by atoms with E-state index in [4.69, 9.17) is 0 Å². The van der Waals surface area contributed by atoms with Crippen LogP contribution in [0.25, 0.3) is 22.1 Å². The van der Waals surface area contributed by atoms with E-state index in [0.717, 1.165) is 11.1 Å². The molecular weight excluding hydrogens is 444 g/mol. The molecular formula is C24H25F2N5OS. The Balaban J connectivity index is 1.57. The van der Waals surface area contributed by atoms with Gasteiger partial charge in [-0.25, -0.2) is 13.8 Å². The maximum atomic E-state index is 13.9. The number of benzene rings is 2. The quantitative estimate of drug-likeness (QED) is 0.301. The van der Waals surface area contributed by atoms with Gasteiger partial charge in [0.25, 0.3) is 0 Å². The van der Waals surface area contributed by atoms with Gasteiger partial charge >= 0.3 is 0 Å². The number of fused-ring (bicyclic) bond motifs is 3. The largest absolute Gasteiger partial charge is 0.352 e. The molecule has 9 heteroatoms. The molecule has 2 heterocycles. The molecule has 4 rings (SSSR count). The molecule has 0 bridgehead atoms. The van der Waals surface area contributed by atoms with Crippen LogP contribution in [0.3, 0.4) is 0 Å². The van der Waals surface area contributed by atoms with Crippen molar-refractivity contribution in [3.8, 4) is 0 Å². The highest BCUT2D eigenvalue weighted by Crippen LogP contribution is 2.29. The van der Waals surface area contributed by atoms with Gasteiger partial charge in [-0.1, -0.05) is 23.9 Å². The maximum absolute atomic E-state index is 13.9.